The Labute approximate surface area is 141 Å². The lowest BCUT2D eigenvalue weighted by Crippen LogP contribution is -2.48. The first-order valence-electron chi connectivity index (χ1n) is 7.87. The van der Waals surface area contributed by atoms with Gasteiger partial charge in [-0.2, -0.15) is 13.2 Å². The van der Waals surface area contributed by atoms with Crippen molar-refractivity contribution in [1.82, 2.24) is 4.98 Å². The van der Waals surface area contributed by atoms with Crippen molar-refractivity contribution in [3.63, 3.8) is 0 Å². The van der Waals surface area contributed by atoms with E-state index in [1.165, 1.54) is 11.0 Å². The number of nitrogens with zero attached hydrogens (tertiary/aromatic N) is 3. The summed E-state index contributed by atoms with van der Waals surface area (Å²) >= 11 is 0. The maximum Gasteiger partial charge on any atom is 0.416 e. The van der Waals surface area contributed by atoms with Crippen LogP contribution in [0.1, 0.15) is 12.0 Å². The molecule has 8 heteroatoms. The van der Waals surface area contributed by atoms with E-state index < -0.39 is 17.8 Å². The predicted octanol–water partition coefficient (Wildman–Crippen LogP) is 3.24. The summed E-state index contributed by atoms with van der Waals surface area (Å²) in [5, 5.41) is 0. The van der Waals surface area contributed by atoms with E-state index in [0.717, 1.165) is 30.8 Å². The van der Waals surface area contributed by atoms with Gasteiger partial charge in [0.05, 0.1) is 23.0 Å². The molecule has 1 aromatic heterocycles. The number of amides is 2. The van der Waals surface area contributed by atoms with Crippen LogP contribution in [0.4, 0.5) is 29.5 Å². The van der Waals surface area contributed by atoms with E-state index in [1.807, 2.05) is 0 Å². The van der Waals surface area contributed by atoms with Gasteiger partial charge in [-0.1, -0.05) is 12.1 Å². The number of nitrogens with two attached hydrogens (primary N) is 1. The number of benzene rings is 1. The van der Waals surface area contributed by atoms with Crippen LogP contribution in [0.2, 0.25) is 0 Å². The molecule has 2 aromatic rings. The second-order valence-electron chi connectivity index (χ2n) is 6.21. The molecule has 0 radical (unpaired) electrons. The first-order chi connectivity index (χ1) is 11.8. The third kappa shape index (κ3) is 2.57. The summed E-state index contributed by atoms with van der Waals surface area (Å²) in [6, 6.07) is 7.80. The van der Waals surface area contributed by atoms with Crippen molar-refractivity contribution in [2.24, 2.45) is 5.73 Å². The molecule has 0 unspecified atom stereocenters. The quantitative estimate of drug-likeness (QED) is 0.861. The van der Waals surface area contributed by atoms with Crippen LogP contribution in [0, 0.1) is 0 Å². The van der Waals surface area contributed by atoms with Gasteiger partial charge in [0.25, 0.3) is 0 Å². The Morgan fingerprint density at radius 1 is 1.24 bits per heavy atom. The molecule has 25 heavy (non-hydrogen) atoms. The molecule has 3 heterocycles. The van der Waals surface area contributed by atoms with E-state index in [2.05, 4.69) is 9.88 Å². The minimum absolute atomic E-state index is 0.0470. The molecule has 0 saturated carbocycles. The van der Waals surface area contributed by atoms with Crippen LogP contribution in [0.3, 0.4) is 0 Å². The fourth-order valence-electron chi connectivity index (χ4n) is 3.51. The summed E-state index contributed by atoms with van der Waals surface area (Å²) in [4.78, 5) is 19.9. The molecule has 2 aliphatic rings. The van der Waals surface area contributed by atoms with Gasteiger partial charge < -0.3 is 10.6 Å². The van der Waals surface area contributed by atoms with Crippen molar-refractivity contribution >= 4 is 17.5 Å². The van der Waals surface area contributed by atoms with E-state index in [1.54, 1.807) is 18.2 Å². The number of hydrogen-bond donors (Lipinski definition) is 1. The van der Waals surface area contributed by atoms with E-state index in [-0.39, 0.29) is 6.04 Å². The molecule has 130 valence electrons. The zero-order valence-corrected chi connectivity index (χ0v) is 13.1. The Kier molecular flexibility index (Phi) is 3.38. The number of anilines is 2. The van der Waals surface area contributed by atoms with Crippen LogP contribution in [0.5, 0.6) is 0 Å². The van der Waals surface area contributed by atoms with Crippen LogP contribution < -0.4 is 15.5 Å². The number of aromatic nitrogens is 1. The van der Waals surface area contributed by atoms with E-state index in [9.17, 15) is 18.0 Å². The number of alkyl halides is 3. The molecule has 4 rings (SSSR count). The Balaban J connectivity index is 1.81. The average molecular weight is 348 g/mol. The van der Waals surface area contributed by atoms with Gasteiger partial charge in [0.2, 0.25) is 0 Å². The molecular formula is C17H15F3N4O. The molecule has 0 spiro atoms. The van der Waals surface area contributed by atoms with Crippen molar-refractivity contribution < 1.29 is 18.0 Å². The first kappa shape index (κ1) is 15.7. The highest BCUT2D eigenvalue weighted by molar-refractivity contribution is 5.96. The number of carbonyl (C=O) groups excluding carboxylic acids is 1. The van der Waals surface area contributed by atoms with Crippen LogP contribution in [0.25, 0.3) is 11.3 Å². The summed E-state index contributed by atoms with van der Waals surface area (Å²) in [5.74, 6) is 0.413. The lowest BCUT2D eigenvalue weighted by atomic mass is 10.1. The molecule has 2 N–H and O–H groups in total. The van der Waals surface area contributed by atoms with Gasteiger partial charge in [-0.15, -0.1) is 0 Å². The molecule has 2 amide bonds. The second-order valence-corrected chi connectivity index (χ2v) is 6.21. The molecule has 2 aliphatic heterocycles. The Morgan fingerprint density at radius 3 is 2.76 bits per heavy atom. The lowest BCUT2D eigenvalue weighted by Gasteiger charge is -2.34. The molecule has 0 aliphatic carbocycles. The number of pyridine rings is 1. The number of fused-ring (bicyclic) bond motifs is 4. The molecule has 5 nitrogen and oxygen atoms in total. The fraction of sp³-hybridized carbons (Fsp3) is 0.294. The fourth-order valence-corrected chi connectivity index (χ4v) is 3.51. The van der Waals surface area contributed by atoms with Crippen LogP contribution in [0.15, 0.2) is 36.4 Å². The summed E-state index contributed by atoms with van der Waals surface area (Å²) < 4.78 is 38.8. The largest absolute Gasteiger partial charge is 0.416 e. The van der Waals surface area contributed by atoms with Crippen LogP contribution >= 0.6 is 0 Å². The highest BCUT2D eigenvalue weighted by Gasteiger charge is 2.39. The zero-order chi connectivity index (χ0) is 17.8. The standard InChI is InChI=1S/C17H15F3N4O/c18-17(19,20)11-3-1-2-10(8-11)13-4-5-14-15(22-13)24(16(21)25)12-6-7-23(14)9-12/h1-5,8,12H,6-7,9H2,(H2,21,25)/t12-/m0/s1. The minimum Gasteiger partial charge on any atom is -0.366 e. The smallest absolute Gasteiger partial charge is 0.366 e. The maximum absolute atomic E-state index is 12.9. The maximum atomic E-state index is 12.9. The SMILES string of the molecule is NC(=O)N1c2nc(-c3cccc(C(F)(F)F)c3)ccc2N2CC[C@H]1C2. The summed E-state index contributed by atoms with van der Waals surface area (Å²) in [6.07, 6.45) is -3.63. The number of urea groups is 1. The highest BCUT2D eigenvalue weighted by Crippen LogP contribution is 2.40. The number of primary amides is 1. The van der Waals surface area contributed by atoms with Gasteiger partial charge in [0.15, 0.2) is 5.82 Å². The van der Waals surface area contributed by atoms with E-state index >= 15 is 0 Å². The monoisotopic (exact) mass is 348 g/mol. The van der Waals surface area contributed by atoms with Crippen molar-refractivity contribution in [1.29, 1.82) is 0 Å². The summed E-state index contributed by atoms with van der Waals surface area (Å²) in [6.45, 7) is 1.49. The van der Waals surface area contributed by atoms with Gasteiger partial charge in [0.1, 0.15) is 0 Å². The summed E-state index contributed by atoms with van der Waals surface area (Å²) in [5.41, 5.74) is 6.28. The highest BCUT2D eigenvalue weighted by atomic mass is 19.4. The number of rotatable bonds is 1. The van der Waals surface area contributed by atoms with Crippen LogP contribution in [-0.4, -0.2) is 30.1 Å². The number of carbonyl (C=O) groups is 1. The molecule has 1 fully saturated rings. The zero-order valence-electron chi connectivity index (χ0n) is 13.1. The normalized spacial score (nSPS) is 19.1. The van der Waals surface area contributed by atoms with Gasteiger partial charge in [-0.05, 0) is 30.7 Å². The van der Waals surface area contributed by atoms with Crippen molar-refractivity contribution in [3.8, 4) is 11.3 Å². The van der Waals surface area contributed by atoms with Crippen molar-refractivity contribution in [3.05, 3.63) is 42.0 Å². The van der Waals surface area contributed by atoms with E-state index in [4.69, 9.17) is 5.73 Å². The Hall–Kier alpha value is -2.77. The second kappa shape index (κ2) is 5.37. The van der Waals surface area contributed by atoms with Gasteiger partial charge in [-0.25, -0.2) is 9.78 Å². The first-order valence-corrected chi connectivity index (χ1v) is 7.87. The third-order valence-corrected chi connectivity index (χ3v) is 4.68. The molecule has 2 bridgehead atoms. The minimum atomic E-state index is -4.42. The number of halogens is 3. The topological polar surface area (TPSA) is 62.5 Å². The molecule has 1 aromatic carbocycles. The van der Waals surface area contributed by atoms with E-state index in [0.29, 0.717) is 23.6 Å². The van der Waals surface area contributed by atoms with Crippen LogP contribution in [-0.2, 0) is 6.18 Å². The molecule has 1 atom stereocenters. The van der Waals surface area contributed by atoms with Gasteiger partial charge in [-0.3, -0.25) is 4.90 Å². The third-order valence-electron chi connectivity index (χ3n) is 4.68. The van der Waals surface area contributed by atoms with Gasteiger partial charge >= 0.3 is 12.2 Å². The number of hydrogen-bond acceptors (Lipinski definition) is 3. The molecular weight excluding hydrogens is 333 g/mol. The molecule has 1 saturated heterocycles. The van der Waals surface area contributed by atoms with Crippen molar-refractivity contribution in [2.75, 3.05) is 22.9 Å². The predicted molar refractivity (Wildman–Crippen MR) is 87.4 cm³/mol. The Morgan fingerprint density at radius 2 is 2.04 bits per heavy atom. The average Bonchev–Trinajstić information content (AvgIpc) is 2.98. The summed E-state index contributed by atoms with van der Waals surface area (Å²) in [7, 11) is 0. The lowest BCUT2D eigenvalue weighted by molar-refractivity contribution is -0.137. The van der Waals surface area contributed by atoms with Crippen molar-refractivity contribution in [2.45, 2.75) is 18.6 Å². The van der Waals surface area contributed by atoms with Gasteiger partial charge in [0, 0.05) is 18.7 Å². The Bertz CT molecular complexity index is 852.